The fourth-order valence-electron chi connectivity index (χ4n) is 1.11. The van der Waals surface area contributed by atoms with Gasteiger partial charge in [-0.25, -0.2) is 0 Å². The first-order chi connectivity index (χ1) is 8.20. The fourth-order valence-corrected chi connectivity index (χ4v) is 1.11. The summed E-state index contributed by atoms with van der Waals surface area (Å²) >= 11 is 0. The third-order valence-electron chi connectivity index (χ3n) is 1.70. The Balaban J connectivity index is 0.000000581. The van der Waals surface area contributed by atoms with Crippen LogP contribution in [0.5, 0.6) is 0 Å². The van der Waals surface area contributed by atoms with Crippen LogP contribution in [0.4, 0.5) is 0 Å². The predicted molar refractivity (Wildman–Crippen MR) is 65.2 cm³/mol. The Hall–Kier alpha value is -2.11. The van der Waals surface area contributed by atoms with E-state index in [0.717, 1.165) is 0 Å². The number of benzene rings is 1. The van der Waals surface area contributed by atoms with Crippen LogP contribution in [0, 0.1) is 10.4 Å². The van der Waals surface area contributed by atoms with E-state index in [1.54, 1.807) is 12.1 Å². The predicted octanol–water partition coefficient (Wildman–Crippen LogP) is 0.847. The molecule has 0 radical (unpaired) electrons. The zero-order chi connectivity index (χ0) is 13.4. The quantitative estimate of drug-likeness (QED) is 0.546. The van der Waals surface area contributed by atoms with E-state index < -0.39 is 5.69 Å². The maximum absolute atomic E-state index is 11.1. The molecule has 1 N–H and O–H groups in total. The molecular formula is C11H17N3O3. The molecule has 1 aromatic heterocycles. The lowest BCUT2D eigenvalue weighted by Gasteiger charge is -2.01. The van der Waals surface area contributed by atoms with E-state index in [1.165, 1.54) is 12.1 Å². The number of H-pyrrole nitrogens is 1. The average molecular weight is 239 g/mol. The summed E-state index contributed by atoms with van der Waals surface area (Å²) in [5.74, 6) is 0. The summed E-state index contributed by atoms with van der Waals surface area (Å²) in [6.45, 7) is 8.00. The molecule has 2 rings (SSSR count). The Morgan fingerprint density at radius 1 is 1.00 bits per heavy atom. The Bertz CT molecular complexity index is 523. The summed E-state index contributed by atoms with van der Waals surface area (Å²) in [5.41, 5.74) is -0.785. The smallest absolute Gasteiger partial charge is 0.554 e. The van der Waals surface area contributed by atoms with Crippen molar-refractivity contribution in [1.82, 2.24) is 5.10 Å². The fraction of sp³-hybridized carbons (Fsp3) is 0.364. The lowest BCUT2D eigenvalue weighted by atomic mass is 10.3. The van der Waals surface area contributed by atoms with Crippen LogP contribution in [-0.4, -0.2) is 5.10 Å². The Kier molecular flexibility index (Phi) is 6.32. The zero-order valence-electron chi connectivity index (χ0n) is 10.4. The molecule has 0 spiro atoms. The number of nitrogens with zero attached hydrogens (tertiary/aromatic N) is 2. The Morgan fingerprint density at radius 2 is 1.47 bits per heavy atom. The Morgan fingerprint density at radius 3 is 2.00 bits per heavy atom. The van der Waals surface area contributed by atoms with E-state index in [-0.39, 0.29) is 20.6 Å². The summed E-state index contributed by atoms with van der Waals surface area (Å²) < 4.78 is 0.143. The number of aromatic nitrogens is 3. The van der Waals surface area contributed by atoms with Crippen molar-refractivity contribution in [3.8, 4) is 0 Å². The molecular weight excluding hydrogens is 222 g/mol. The van der Waals surface area contributed by atoms with Crippen molar-refractivity contribution in [2.75, 3.05) is 0 Å². The minimum atomic E-state index is -0.978. The van der Waals surface area contributed by atoms with Crippen LogP contribution in [0.25, 0.3) is 11.0 Å². The summed E-state index contributed by atoms with van der Waals surface area (Å²) in [7, 11) is 0. The minimum absolute atomic E-state index is 0.0567. The van der Waals surface area contributed by atoms with Gasteiger partial charge in [-0.15, -0.1) is 0 Å². The highest BCUT2D eigenvalue weighted by atomic mass is 16.5. The molecule has 0 saturated heterocycles. The van der Waals surface area contributed by atoms with Crippen molar-refractivity contribution >= 4 is 11.0 Å². The van der Waals surface area contributed by atoms with E-state index in [1.807, 2.05) is 32.8 Å². The number of fused-ring (bicyclic) bond motifs is 1. The molecule has 0 atom stereocenters. The van der Waals surface area contributed by atoms with Gasteiger partial charge in [0, 0.05) is 16.0 Å². The highest BCUT2D eigenvalue weighted by molar-refractivity contribution is 5.66. The minimum Gasteiger partial charge on any atom is -0.707 e. The molecule has 0 bridgehead atoms. The van der Waals surface area contributed by atoms with E-state index in [2.05, 4.69) is 0 Å². The van der Waals surface area contributed by atoms with Crippen molar-refractivity contribution in [3.05, 3.63) is 45.2 Å². The van der Waals surface area contributed by atoms with Crippen LogP contribution in [-0.2, 0) is 0 Å². The van der Waals surface area contributed by atoms with Gasteiger partial charge in [-0.05, 0) is 6.07 Å². The topological polar surface area (TPSA) is 86.7 Å². The van der Waals surface area contributed by atoms with Crippen molar-refractivity contribution in [3.63, 3.8) is 0 Å². The van der Waals surface area contributed by atoms with E-state index in [9.17, 15) is 15.2 Å². The molecule has 0 unspecified atom stereocenters. The van der Waals surface area contributed by atoms with Crippen molar-refractivity contribution in [1.29, 1.82) is 0 Å². The lowest BCUT2D eigenvalue weighted by Crippen LogP contribution is -2.55. The van der Waals surface area contributed by atoms with Gasteiger partial charge in [0.2, 0.25) is 5.52 Å². The highest BCUT2D eigenvalue weighted by Gasteiger charge is 2.13. The van der Waals surface area contributed by atoms with Crippen molar-refractivity contribution in [2.24, 2.45) is 0 Å². The first kappa shape index (κ1) is 14.9. The summed E-state index contributed by atoms with van der Waals surface area (Å²) in [6.07, 6.45) is 0. The number of para-hydroxylation sites is 2. The second-order valence-electron chi connectivity index (χ2n) is 2.49. The summed E-state index contributed by atoms with van der Waals surface area (Å²) in [5, 5.41) is 24.0. The van der Waals surface area contributed by atoms with Crippen LogP contribution in [0.2, 0.25) is 0 Å². The molecule has 0 aliphatic carbocycles. The Labute approximate surface area is 99.3 Å². The third kappa shape index (κ3) is 3.17. The first-order valence-electron chi connectivity index (χ1n) is 5.54. The van der Waals surface area contributed by atoms with Gasteiger partial charge in [-0.3, -0.25) is 0 Å². The molecule has 1 heterocycles. The number of hydrogen-bond acceptors (Lipinski definition) is 3. The van der Waals surface area contributed by atoms with Crippen LogP contribution in [0.3, 0.4) is 0 Å². The second-order valence-corrected chi connectivity index (χ2v) is 2.49. The molecule has 0 amide bonds. The number of rotatable bonds is 0. The molecule has 6 heteroatoms. The molecule has 6 nitrogen and oxygen atoms in total. The van der Waals surface area contributed by atoms with Gasteiger partial charge in [0.05, 0.1) is 0 Å². The number of aromatic amines is 1. The maximum Gasteiger partial charge on any atom is 0.554 e. The van der Waals surface area contributed by atoms with E-state index >= 15 is 0 Å². The monoisotopic (exact) mass is 239 g/mol. The normalized spacial score (nSPS) is 8.71. The second kappa shape index (κ2) is 7.21. The molecule has 0 fully saturated rings. The largest absolute Gasteiger partial charge is 0.707 e. The van der Waals surface area contributed by atoms with Gasteiger partial charge in [0.1, 0.15) is 0 Å². The van der Waals surface area contributed by atoms with Gasteiger partial charge in [0.25, 0.3) is 0 Å². The molecule has 2 aromatic rings. The van der Waals surface area contributed by atoms with Crippen molar-refractivity contribution in [2.45, 2.75) is 27.7 Å². The summed E-state index contributed by atoms with van der Waals surface area (Å²) in [6, 6.07) is 6.05. The van der Waals surface area contributed by atoms with Gasteiger partial charge in [-0.1, -0.05) is 39.8 Å². The van der Waals surface area contributed by atoms with Gasteiger partial charge in [0.15, 0.2) is 0 Å². The zero-order valence-corrected chi connectivity index (χ0v) is 10.4. The summed E-state index contributed by atoms with van der Waals surface area (Å²) in [4.78, 5) is 11.1. The first-order valence-corrected chi connectivity index (χ1v) is 5.54. The molecule has 1 aromatic carbocycles. The average Bonchev–Trinajstić information content (AvgIpc) is 2.41. The van der Waals surface area contributed by atoms with Gasteiger partial charge >= 0.3 is 11.2 Å². The third-order valence-corrected chi connectivity index (χ3v) is 1.70. The van der Waals surface area contributed by atoms with Crippen LogP contribution >= 0.6 is 0 Å². The van der Waals surface area contributed by atoms with Crippen LogP contribution in [0.15, 0.2) is 29.1 Å². The number of nitrogens with one attached hydrogen (secondary N) is 1. The SMILES string of the molecule is CC.CC.O=c1[nH][n+]([O-])c2ccccc2[n+]1[O-]. The highest BCUT2D eigenvalue weighted by Crippen LogP contribution is 1.99. The van der Waals surface area contributed by atoms with E-state index in [4.69, 9.17) is 0 Å². The van der Waals surface area contributed by atoms with Gasteiger partial charge < -0.3 is 10.4 Å². The van der Waals surface area contributed by atoms with Crippen molar-refractivity contribution < 1.29 is 9.58 Å². The van der Waals surface area contributed by atoms with Crippen LogP contribution < -0.4 is 15.3 Å². The van der Waals surface area contributed by atoms with Crippen LogP contribution in [0.1, 0.15) is 27.7 Å². The maximum atomic E-state index is 11.1. The lowest BCUT2D eigenvalue weighted by molar-refractivity contribution is -0.689. The molecule has 0 aliphatic rings. The number of hydrogen-bond donors (Lipinski definition) is 1. The van der Waals surface area contributed by atoms with E-state index in [0.29, 0.717) is 0 Å². The molecule has 0 aliphatic heterocycles. The van der Waals surface area contributed by atoms with Gasteiger partial charge in [-0.2, -0.15) is 9.52 Å². The molecule has 94 valence electrons. The molecule has 0 saturated carbocycles. The standard InChI is InChI=1S/C7H5N3O3.2C2H6/c11-7-8-10(13)6-4-2-1-3-5(6)9(7)12;2*1-2/h1-4H,(H,8,11);2*1-2H3. The molecule has 17 heavy (non-hydrogen) atoms.